The number of hydrogen-bond acceptors (Lipinski definition) is 2. The van der Waals surface area contributed by atoms with Crippen molar-refractivity contribution >= 4 is 11.0 Å². The fraction of sp³-hybridized carbons (Fsp3) is 0.160. The molecule has 0 saturated heterocycles. The van der Waals surface area contributed by atoms with E-state index in [0.29, 0.717) is 6.61 Å². The van der Waals surface area contributed by atoms with Crippen LogP contribution in [0, 0.1) is 6.92 Å². The highest BCUT2D eigenvalue weighted by atomic mass is 16.5. The normalized spacial score (nSPS) is 10.9. The van der Waals surface area contributed by atoms with Crippen LogP contribution in [0.5, 0.6) is 5.75 Å². The van der Waals surface area contributed by atoms with Crippen LogP contribution >= 0.6 is 0 Å². The van der Waals surface area contributed by atoms with Crippen molar-refractivity contribution in [3.63, 3.8) is 0 Å². The van der Waals surface area contributed by atoms with Gasteiger partial charge in [0, 0.05) is 6.54 Å². The van der Waals surface area contributed by atoms with Crippen molar-refractivity contribution in [1.29, 1.82) is 0 Å². The second kappa shape index (κ2) is 8.13. The molecule has 3 heteroatoms. The molecule has 0 amide bonds. The first-order valence-electron chi connectivity index (χ1n) is 9.56. The molecule has 1 aromatic heterocycles. The molecule has 3 aromatic carbocycles. The Morgan fingerprint density at radius 2 is 1.64 bits per heavy atom. The van der Waals surface area contributed by atoms with Gasteiger partial charge in [-0.25, -0.2) is 4.98 Å². The smallest absolute Gasteiger partial charge is 0.148 e. The Labute approximate surface area is 165 Å². The first-order valence-corrected chi connectivity index (χ1v) is 9.56. The maximum absolute atomic E-state index is 6.18. The molecule has 3 nitrogen and oxygen atoms in total. The van der Waals surface area contributed by atoms with Crippen LogP contribution in [0.15, 0.2) is 85.5 Å². The van der Waals surface area contributed by atoms with Crippen molar-refractivity contribution in [3.05, 3.63) is 108 Å². The summed E-state index contributed by atoms with van der Waals surface area (Å²) in [6.07, 6.45) is 2.69. The minimum atomic E-state index is 0.425. The van der Waals surface area contributed by atoms with Crippen molar-refractivity contribution in [3.8, 4) is 5.75 Å². The van der Waals surface area contributed by atoms with E-state index in [-0.39, 0.29) is 0 Å². The monoisotopic (exact) mass is 368 g/mol. The summed E-state index contributed by atoms with van der Waals surface area (Å²) in [7, 11) is 0. The molecule has 0 N–H and O–H groups in total. The molecule has 4 aromatic rings. The van der Waals surface area contributed by atoms with Crippen LogP contribution in [-0.4, -0.2) is 9.55 Å². The number of aryl methyl sites for hydroxylation is 1. The van der Waals surface area contributed by atoms with E-state index in [9.17, 15) is 0 Å². The van der Waals surface area contributed by atoms with E-state index in [0.717, 1.165) is 41.1 Å². The molecule has 140 valence electrons. The van der Waals surface area contributed by atoms with Crippen LogP contribution in [-0.2, 0) is 19.6 Å². The van der Waals surface area contributed by atoms with Crippen molar-refractivity contribution in [2.45, 2.75) is 26.5 Å². The number of aromatic nitrogens is 2. The van der Waals surface area contributed by atoms with Gasteiger partial charge in [0.05, 0.1) is 11.0 Å². The first kappa shape index (κ1) is 18.1. The van der Waals surface area contributed by atoms with E-state index in [1.165, 1.54) is 11.1 Å². The summed E-state index contributed by atoms with van der Waals surface area (Å²) in [6, 6.07) is 24.9. The van der Waals surface area contributed by atoms with Gasteiger partial charge in [0.1, 0.15) is 18.2 Å². The second-order valence-electron chi connectivity index (χ2n) is 6.92. The zero-order valence-corrected chi connectivity index (χ0v) is 16.1. The number of rotatable bonds is 7. The number of allylic oxidation sites excluding steroid dienone is 1. The lowest BCUT2D eigenvalue weighted by atomic mass is 10.1. The topological polar surface area (TPSA) is 27.1 Å². The third-order valence-corrected chi connectivity index (χ3v) is 5.02. The van der Waals surface area contributed by atoms with Gasteiger partial charge in [0.2, 0.25) is 0 Å². The Kier molecular flexibility index (Phi) is 5.24. The molecule has 0 aliphatic heterocycles. The molecule has 0 radical (unpaired) electrons. The van der Waals surface area contributed by atoms with Crippen molar-refractivity contribution in [1.82, 2.24) is 9.55 Å². The van der Waals surface area contributed by atoms with Gasteiger partial charge in [-0.05, 0) is 48.2 Å². The largest absolute Gasteiger partial charge is 0.485 e. The van der Waals surface area contributed by atoms with Crippen LogP contribution in [0.3, 0.4) is 0 Å². The van der Waals surface area contributed by atoms with Gasteiger partial charge in [-0.15, -0.1) is 6.58 Å². The molecule has 0 aliphatic rings. The number of para-hydroxylation sites is 3. The van der Waals surface area contributed by atoms with Crippen LogP contribution in [0.2, 0.25) is 0 Å². The van der Waals surface area contributed by atoms with E-state index in [4.69, 9.17) is 9.72 Å². The summed E-state index contributed by atoms with van der Waals surface area (Å²) in [6.45, 7) is 7.19. The van der Waals surface area contributed by atoms with Gasteiger partial charge in [0.15, 0.2) is 0 Å². The van der Waals surface area contributed by atoms with Crippen LogP contribution in [0.25, 0.3) is 11.0 Å². The average molecular weight is 368 g/mol. The summed E-state index contributed by atoms with van der Waals surface area (Å²) < 4.78 is 8.44. The molecule has 28 heavy (non-hydrogen) atoms. The zero-order valence-electron chi connectivity index (χ0n) is 16.1. The van der Waals surface area contributed by atoms with Gasteiger partial charge < -0.3 is 9.30 Å². The number of benzene rings is 3. The number of imidazole rings is 1. The molecule has 0 saturated carbocycles. The second-order valence-corrected chi connectivity index (χ2v) is 6.92. The number of hydrogen-bond donors (Lipinski definition) is 0. The molecule has 0 atom stereocenters. The third kappa shape index (κ3) is 3.70. The maximum Gasteiger partial charge on any atom is 0.148 e. The Balaban J connectivity index is 1.67. The van der Waals surface area contributed by atoms with Crippen LogP contribution < -0.4 is 4.74 Å². The van der Waals surface area contributed by atoms with Crippen molar-refractivity contribution in [2.75, 3.05) is 0 Å². The van der Waals surface area contributed by atoms with Gasteiger partial charge >= 0.3 is 0 Å². The molecule has 0 unspecified atom stereocenters. The van der Waals surface area contributed by atoms with E-state index in [2.05, 4.69) is 66.6 Å². The molecule has 1 heterocycles. The molecular formula is C25H24N2O. The highest BCUT2D eigenvalue weighted by Gasteiger charge is 2.13. The van der Waals surface area contributed by atoms with Crippen LogP contribution in [0.4, 0.5) is 0 Å². The Hall–Kier alpha value is -3.33. The molecule has 0 aliphatic carbocycles. The number of nitrogens with zero attached hydrogens (tertiary/aromatic N) is 2. The summed E-state index contributed by atoms with van der Waals surface area (Å²) >= 11 is 0. The molecule has 0 bridgehead atoms. The Morgan fingerprint density at radius 3 is 2.46 bits per heavy atom. The minimum Gasteiger partial charge on any atom is -0.485 e. The van der Waals surface area contributed by atoms with Crippen molar-refractivity contribution in [2.24, 2.45) is 0 Å². The standard InChI is InChI=1S/C25H24N2O/c1-3-10-20-12-6-9-16-24(20)28-18-25-26-22-14-7-8-15-23(22)27(25)17-21-13-5-4-11-19(21)2/h3-9,11-16H,1,10,17-18H2,2H3. The lowest BCUT2D eigenvalue weighted by Gasteiger charge is -2.13. The minimum absolute atomic E-state index is 0.425. The fourth-order valence-electron chi connectivity index (χ4n) is 3.48. The van der Waals surface area contributed by atoms with Crippen LogP contribution in [0.1, 0.15) is 22.5 Å². The average Bonchev–Trinajstić information content (AvgIpc) is 3.07. The lowest BCUT2D eigenvalue weighted by Crippen LogP contribution is -2.09. The fourth-order valence-corrected chi connectivity index (χ4v) is 3.48. The van der Waals surface area contributed by atoms with Crippen molar-refractivity contribution < 1.29 is 4.74 Å². The van der Waals surface area contributed by atoms with Gasteiger partial charge in [0.25, 0.3) is 0 Å². The van der Waals surface area contributed by atoms with Gasteiger partial charge in [-0.3, -0.25) is 0 Å². The van der Waals surface area contributed by atoms with E-state index >= 15 is 0 Å². The van der Waals surface area contributed by atoms with E-state index in [1.807, 2.05) is 30.3 Å². The van der Waals surface area contributed by atoms with Gasteiger partial charge in [-0.2, -0.15) is 0 Å². The Bertz CT molecular complexity index is 1110. The highest BCUT2D eigenvalue weighted by molar-refractivity contribution is 5.76. The number of ether oxygens (including phenoxy) is 1. The maximum atomic E-state index is 6.18. The molecule has 4 rings (SSSR count). The first-order chi connectivity index (χ1) is 13.8. The van der Waals surface area contributed by atoms with E-state index < -0.39 is 0 Å². The highest BCUT2D eigenvalue weighted by Crippen LogP contribution is 2.23. The predicted octanol–water partition coefficient (Wildman–Crippen LogP) is 5.70. The zero-order chi connectivity index (χ0) is 19.3. The summed E-state index contributed by atoms with van der Waals surface area (Å²) in [5.74, 6) is 1.81. The van der Waals surface area contributed by atoms with E-state index in [1.54, 1.807) is 0 Å². The molecular weight excluding hydrogens is 344 g/mol. The Morgan fingerprint density at radius 1 is 0.929 bits per heavy atom. The van der Waals surface area contributed by atoms with Gasteiger partial charge in [-0.1, -0.05) is 60.7 Å². The summed E-state index contributed by atoms with van der Waals surface area (Å²) in [4.78, 5) is 4.85. The molecule has 0 spiro atoms. The predicted molar refractivity (Wildman–Crippen MR) is 115 cm³/mol. The third-order valence-electron chi connectivity index (χ3n) is 5.02. The lowest BCUT2D eigenvalue weighted by molar-refractivity contribution is 0.289. The summed E-state index contributed by atoms with van der Waals surface area (Å²) in [5.41, 5.74) is 5.83. The SMILES string of the molecule is C=CCc1ccccc1OCc1nc2ccccc2n1Cc1ccccc1C. The quantitative estimate of drug-likeness (QED) is 0.391. The number of fused-ring (bicyclic) bond motifs is 1. The molecule has 0 fully saturated rings. The summed E-state index contributed by atoms with van der Waals surface area (Å²) in [5, 5.41) is 0.